The number of piperidine rings is 1. The quantitative estimate of drug-likeness (QED) is 0.817. The van der Waals surface area contributed by atoms with Gasteiger partial charge in [-0.25, -0.2) is 4.79 Å². The van der Waals surface area contributed by atoms with Crippen LogP contribution in [0.4, 0.5) is 0 Å². The molecule has 0 unspecified atom stereocenters. The van der Waals surface area contributed by atoms with Gasteiger partial charge in [0, 0.05) is 17.7 Å². The van der Waals surface area contributed by atoms with E-state index in [1.165, 1.54) is 4.90 Å². The third-order valence-electron chi connectivity index (χ3n) is 3.67. The summed E-state index contributed by atoms with van der Waals surface area (Å²) in [5.74, 6) is 4.28. The average molecular weight is 315 g/mol. The summed E-state index contributed by atoms with van der Waals surface area (Å²) in [6.07, 6.45) is 2.12. The monoisotopic (exact) mass is 315 g/mol. The Kier molecular flexibility index (Phi) is 5.07. The van der Waals surface area contributed by atoms with Gasteiger partial charge < -0.3 is 15.1 Å². The minimum Gasteiger partial charge on any atom is -0.480 e. The lowest BCUT2D eigenvalue weighted by Gasteiger charge is -2.33. The topological polar surface area (TPSA) is 77.8 Å². The highest BCUT2D eigenvalue weighted by molar-refractivity contribution is 5.97. The van der Waals surface area contributed by atoms with Crippen molar-refractivity contribution in [2.24, 2.45) is 0 Å². The summed E-state index contributed by atoms with van der Waals surface area (Å²) in [6, 6.07) is 5.99. The number of benzene rings is 1. The van der Waals surface area contributed by atoms with Crippen LogP contribution in [0.3, 0.4) is 0 Å². The first kappa shape index (κ1) is 17.0. The van der Waals surface area contributed by atoms with Crippen molar-refractivity contribution in [3.05, 3.63) is 35.4 Å². The molecule has 1 saturated heterocycles. The predicted molar refractivity (Wildman–Crippen MR) is 85.9 cm³/mol. The SMILES string of the molecule is CC(C)(O)C#Cc1cccc(C(=O)N2CCCC[C@@H]2C(=O)O)c1. The van der Waals surface area contributed by atoms with Crippen LogP contribution >= 0.6 is 0 Å². The van der Waals surface area contributed by atoms with E-state index in [0.717, 1.165) is 12.8 Å². The highest BCUT2D eigenvalue weighted by Crippen LogP contribution is 2.20. The average Bonchev–Trinajstić information content (AvgIpc) is 2.52. The number of amides is 1. The molecule has 1 aliphatic rings. The molecule has 2 N–H and O–H groups in total. The van der Waals surface area contributed by atoms with Gasteiger partial charge in [0.25, 0.3) is 5.91 Å². The first-order valence-corrected chi connectivity index (χ1v) is 7.67. The van der Waals surface area contributed by atoms with Gasteiger partial charge in [-0.2, -0.15) is 0 Å². The lowest BCUT2D eigenvalue weighted by atomic mass is 10.0. The van der Waals surface area contributed by atoms with Crippen LogP contribution in [-0.4, -0.2) is 45.2 Å². The number of hydrogen-bond acceptors (Lipinski definition) is 3. The van der Waals surface area contributed by atoms with Crippen LogP contribution in [0.15, 0.2) is 24.3 Å². The Morgan fingerprint density at radius 2 is 2.04 bits per heavy atom. The van der Waals surface area contributed by atoms with E-state index in [1.54, 1.807) is 38.1 Å². The van der Waals surface area contributed by atoms with Crippen molar-refractivity contribution in [2.75, 3.05) is 6.54 Å². The maximum atomic E-state index is 12.6. The molecular weight excluding hydrogens is 294 g/mol. The molecule has 0 aliphatic carbocycles. The molecule has 5 heteroatoms. The van der Waals surface area contributed by atoms with Gasteiger partial charge in [-0.15, -0.1) is 0 Å². The van der Waals surface area contributed by atoms with Crippen molar-refractivity contribution in [1.29, 1.82) is 0 Å². The Balaban J connectivity index is 2.25. The number of rotatable bonds is 2. The number of nitrogens with zero attached hydrogens (tertiary/aromatic N) is 1. The molecule has 1 aromatic carbocycles. The summed E-state index contributed by atoms with van der Waals surface area (Å²) in [6.45, 7) is 3.62. The molecule has 2 rings (SSSR count). The van der Waals surface area contributed by atoms with Crippen LogP contribution in [0, 0.1) is 11.8 Å². The summed E-state index contributed by atoms with van der Waals surface area (Å²) >= 11 is 0. The van der Waals surface area contributed by atoms with Crippen molar-refractivity contribution in [3.8, 4) is 11.8 Å². The summed E-state index contributed by atoms with van der Waals surface area (Å²) < 4.78 is 0. The predicted octanol–water partition coefficient (Wildman–Crippen LogP) is 1.89. The fraction of sp³-hybridized carbons (Fsp3) is 0.444. The molecule has 1 fully saturated rings. The summed E-state index contributed by atoms with van der Waals surface area (Å²) in [4.78, 5) is 25.4. The third-order valence-corrected chi connectivity index (χ3v) is 3.67. The number of aliphatic carboxylic acids is 1. The van der Waals surface area contributed by atoms with Crippen molar-refractivity contribution >= 4 is 11.9 Å². The number of hydrogen-bond donors (Lipinski definition) is 2. The van der Waals surface area contributed by atoms with Crippen molar-refractivity contribution in [2.45, 2.75) is 44.8 Å². The zero-order valence-electron chi connectivity index (χ0n) is 13.4. The summed E-state index contributed by atoms with van der Waals surface area (Å²) in [7, 11) is 0. The smallest absolute Gasteiger partial charge is 0.326 e. The second-order valence-electron chi connectivity index (χ2n) is 6.24. The zero-order valence-corrected chi connectivity index (χ0v) is 13.4. The molecule has 1 aromatic rings. The summed E-state index contributed by atoms with van der Waals surface area (Å²) in [5, 5.41) is 18.9. The highest BCUT2D eigenvalue weighted by atomic mass is 16.4. The van der Waals surface area contributed by atoms with Crippen LogP contribution in [0.5, 0.6) is 0 Å². The second-order valence-corrected chi connectivity index (χ2v) is 6.24. The standard InChI is InChI=1S/C18H21NO4/c1-18(2,23)10-9-13-6-5-7-14(12-13)16(20)19-11-4-3-8-15(19)17(21)22/h5-7,12,15,23H,3-4,8,11H2,1-2H3,(H,21,22)/t15-/m1/s1. The fourth-order valence-electron chi connectivity index (χ4n) is 2.55. The van der Waals surface area contributed by atoms with Gasteiger partial charge in [0.05, 0.1) is 0 Å². The first-order chi connectivity index (χ1) is 10.8. The van der Waals surface area contributed by atoms with Gasteiger partial charge in [-0.1, -0.05) is 17.9 Å². The van der Waals surface area contributed by atoms with Crippen molar-refractivity contribution < 1.29 is 19.8 Å². The lowest BCUT2D eigenvalue weighted by Crippen LogP contribution is -2.48. The third kappa shape index (κ3) is 4.57. The molecule has 23 heavy (non-hydrogen) atoms. The number of likely N-dealkylation sites (tertiary alicyclic amines) is 1. The first-order valence-electron chi connectivity index (χ1n) is 7.67. The molecule has 0 spiro atoms. The Morgan fingerprint density at radius 1 is 1.30 bits per heavy atom. The molecule has 1 atom stereocenters. The van der Waals surface area contributed by atoms with E-state index in [-0.39, 0.29) is 5.91 Å². The van der Waals surface area contributed by atoms with E-state index >= 15 is 0 Å². The van der Waals surface area contributed by atoms with Crippen LogP contribution in [0.2, 0.25) is 0 Å². The van der Waals surface area contributed by atoms with E-state index in [4.69, 9.17) is 0 Å². The van der Waals surface area contributed by atoms with Crippen LogP contribution in [0.25, 0.3) is 0 Å². The molecule has 0 saturated carbocycles. The van der Waals surface area contributed by atoms with Gasteiger partial charge in [-0.3, -0.25) is 4.79 Å². The second kappa shape index (κ2) is 6.84. The number of aliphatic hydroxyl groups is 1. The van der Waals surface area contributed by atoms with Crippen LogP contribution in [0.1, 0.15) is 49.0 Å². The Bertz CT molecular complexity index is 664. The molecule has 122 valence electrons. The molecule has 0 bridgehead atoms. The Morgan fingerprint density at radius 3 is 2.70 bits per heavy atom. The largest absolute Gasteiger partial charge is 0.480 e. The molecule has 5 nitrogen and oxygen atoms in total. The lowest BCUT2D eigenvalue weighted by molar-refractivity contribution is -0.143. The van der Waals surface area contributed by atoms with Gasteiger partial charge in [-0.05, 0) is 51.3 Å². The number of carbonyl (C=O) groups is 2. The van der Waals surface area contributed by atoms with E-state index < -0.39 is 17.6 Å². The Labute approximate surface area is 135 Å². The van der Waals surface area contributed by atoms with Gasteiger partial charge >= 0.3 is 5.97 Å². The van der Waals surface area contributed by atoms with Crippen LogP contribution in [-0.2, 0) is 4.79 Å². The van der Waals surface area contributed by atoms with Gasteiger partial charge in [0.2, 0.25) is 0 Å². The van der Waals surface area contributed by atoms with Crippen molar-refractivity contribution in [3.63, 3.8) is 0 Å². The summed E-state index contributed by atoms with van der Waals surface area (Å²) in [5.41, 5.74) is -0.0797. The molecular formula is C18H21NO4. The number of carboxylic acid groups (broad SMARTS) is 1. The van der Waals surface area contributed by atoms with Crippen molar-refractivity contribution in [1.82, 2.24) is 4.90 Å². The maximum absolute atomic E-state index is 12.6. The minimum atomic E-state index is -1.11. The number of carboxylic acids is 1. The molecule has 1 aliphatic heterocycles. The highest BCUT2D eigenvalue weighted by Gasteiger charge is 2.32. The Hall–Kier alpha value is -2.32. The fourth-order valence-corrected chi connectivity index (χ4v) is 2.55. The van der Waals surface area contributed by atoms with E-state index in [9.17, 15) is 19.8 Å². The maximum Gasteiger partial charge on any atom is 0.326 e. The van der Waals surface area contributed by atoms with Gasteiger partial charge in [0.1, 0.15) is 11.6 Å². The van der Waals surface area contributed by atoms with E-state index in [0.29, 0.717) is 24.1 Å². The van der Waals surface area contributed by atoms with E-state index in [1.807, 2.05) is 0 Å². The van der Waals surface area contributed by atoms with Crippen LogP contribution < -0.4 is 0 Å². The zero-order chi connectivity index (χ0) is 17.0. The van der Waals surface area contributed by atoms with E-state index in [2.05, 4.69) is 11.8 Å². The molecule has 1 amide bonds. The molecule has 0 radical (unpaired) electrons. The number of carbonyl (C=O) groups excluding carboxylic acids is 1. The normalized spacial score (nSPS) is 18.0. The van der Waals surface area contributed by atoms with Gasteiger partial charge in [0.15, 0.2) is 0 Å². The minimum absolute atomic E-state index is 0.288. The molecule has 0 aromatic heterocycles. The molecule has 1 heterocycles.